The van der Waals surface area contributed by atoms with E-state index in [1.165, 1.54) is 97.1 Å². The van der Waals surface area contributed by atoms with Crippen molar-refractivity contribution in [1.29, 1.82) is 0 Å². The second kappa shape index (κ2) is 28.3. The van der Waals surface area contributed by atoms with E-state index in [9.17, 15) is 38.4 Å². The summed E-state index contributed by atoms with van der Waals surface area (Å²) < 4.78 is 69.8. The highest BCUT2D eigenvalue weighted by molar-refractivity contribution is 5.93. The second-order valence-corrected chi connectivity index (χ2v) is 19.6. The maximum Gasteiger partial charge on any atom is 0.340 e. The van der Waals surface area contributed by atoms with Crippen LogP contribution in [-0.2, 0) is 52.1 Å². The quantitative estimate of drug-likeness (QED) is 0.0480. The molecule has 8 aromatic carbocycles. The first kappa shape index (κ1) is 59.6. The number of esters is 8. The second-order valence-electron chi connectivity index (χ2n) is 19.6. The Balaban J connectivity index is 1.14. The van der Waals surface area contributed by atoms with Crippen LogP contribution in [0.15, 0.2) is 243 Å². The van der Waals surface area contributed by atoms with Crippen molar-refractivity contribution in [2.45, 2.75) is 54.8 Å². The van der Waals surface area contributed by atoms with Crippen molar-refractivity contribution in [3.8, 4) is 0 Å². The zero-order valence-corrected chi connectivity index (χ0v) is 46.1. The van der Waals surface area contributed by atoms with Crippen LogP contribution in [0.1, 0.15) is 82.9 Å². The van der Waals surface area contributed by atoms with Crippen molar-refractivity contribution in [2.75, 3.05) is 19.8 Å². The van der Waals surface area contributed by atoms with Gasteiger partial charge in [0, 0.05) is 0 Å². The molecule has 0 amide bonds. The minimum absolute atomic E-state index is 0.0118. The fourth-order valence-corrected chi connectivity index (χ4v) is 9.49. The molecule has 0 aliphatic carbocycles. The zero-order chi connectivity index (χ0) is 60.5. The highest BCUT2D eigenvalue weighted by Gasteiger charge is 2.65. The molecule has 0 aromatic heterocycles. The molecule has 2 aliphatic heterocycles. The van der Waals surface area contributed by atoms with Gasteiger partial charge in [-0.2, -0.15) is 0 Å². The van der Waals surface area contributed by atoms with Gasteiger partial charge < -0.3 is 52.1 Å². The summed E-state index contributed by atoms with van der Waals surface area (Å²) in [7, 11) is 0. The number of carbonyl (C=O) groups excluding carboxylic acids is 8. The molecular formula is C68H54O19. The minimum Gasteiger partial charge on any atom is -0.459 e. The van der Waals surface area contributed by atoms with Crippen molar-refractivity contribution in [3.63, 3.8) is 0 Å². The summed E-state index contributed by atoms with van der Waals surface area (Å²) in [5.41, 5.74) is 0.142. The SMILES string of the molecule is O=C(OC[C@H]1O[C@@H](O[C@@H]2[C@@H](COC(=O)c3ccccc3)O[C@](COC(=O)c3ccccc3)(OC(=O)c3ccccc3)[C@H]2OC(=O)c2ccccc2)[C@H](OC(=O)c2ccccc2)[C@@H](OC(=O)c2ccccc2)[C@H]1OC(=O)c1ccccc1)c1ccccc1. The molecule has 2 fully saturated rings. The molecule has 2 aliphatic rings. The lowest BCUT2D eigenvalue weighted by Crippen LogP contribution is -2.64. The van der Waals surface area contributed by atoms with Crippen LogP contribution in [-0.4, -0.2) is 122 Å². The molecular weight excluding hydrogens is 1120 g/mol. The standard InChI is InChI=1S/C68H54O19/c69-59(44-25-9-1-10-26-44)77-41-52-54(81-62(72)47-31-15-4-16-32-47)56(82-63(73)48-33-17-5-18-34-48)57(83-64(74)49-35-19-6-20-36-49)67(80-52)84-55-53(42-78-60(70)45-27-11-2-12-28-45)86-68(87-66(76)51-39-23-8-24-40-51,43-79-61(71)46-29-13-3-14-30-46)58(55)85-65(75)50-37-21-7-22-38-50/h1-40,52-58,67H,41-43H2/t52-,53-,54+,55-,56+,57-,58+,67+,68-/m1/s1. The number of carbonyl (C=O) groups is 8. The molecule has 0 spiro atoms. The molecule has 0 unspecified atom stereocenters. The smallest absolute Gasteiger partial charge is 0.340 e. The van der Waals surface area contributed by atoms with Gasteiger partial charge in [0.25, 0.3) is 5.79 Å². The van der Waals surface area contributed by atoms with Crippen LogP contribution in [0.2, 0.25) is 0 Å². The normalized spacial score (nSPS) is 21.1. The Bertz CT molecular complexity index is 3640. The topological polar surface area (TPSA) is 238 Å². The molecule has 9 atom stereocenters. The first-order chi connectivity index (χ1) is 42.4. The van der Waals surface area contributed by atoms with Gasteiger partial charge in [-0.05, 0) is 97.1 Å². The molecule has 19 heteroatoms. The van der Waals surface area contributed by atoms with E-state index in [1.807, 2.05) is 0 Å². The summed E-state index contributed by atoms with van der Waals surface area (Å²) in [6.07, 6.45) is -15.5. The summed E-state index contributed by atoms with van der Waals surface area (Å²) in [6, 6.07) is 61.6. The van der Waals surface area contributed by atoms with E-state index in [2.05, 4.69) is 0 Å². The molecule has 19 nitrogen and oxygen atoms in total. The number of hydrogen-bond donors (Lipinski definition) is 0. The maximum atomic E-state index is 14.7. The van der Waals surface area contributed by atoms with E-state index in [0.717, 1.165) is 0 Å². The van der Waals surface area contributed by atoms with Crippen LogP contribution in [0.3, 0.4) is 0 Å². The first-order valence-corrected chi connectivity index (χ1v) is 27.4. The fourth-order valence-electron chi connectivity index (χ4n) is 9.49. The van der Waals surface area contributed by atoms with E-state index < -0.39 is 122 Å². The van der Waals surface area contributed by atoms with Crippen LogP contribution >= 0.6 is 0 Å². The van der Waals surface area contributed by atoms with Crippen LogP contribution in [0.4, 0.5) is 0 Å². The fraction of sp³-hybridized carbons (Fsp3) is 0.176. The summed E-state index contributed by atoms with van der Waals surface area (Å²) in [5, 5.41) is 0. The van der Waals surface area contributed by atoms with Gasteiger partial charge in [0.1, 0.15) is 31.5 Å². The van der Waals surface area contributed by atoms with Crippen molar-refractivity contribution in [3.05, 3.63) is 287 Å². The Morgan fingerprint density at radius 2 is 0.609 bits per heavy atom. The number of benzene rings is 8. The monoisotopic (exact) mass is 1170 g/mol. The maximum absolute atomic E-state index is 14.7. The van der Waals surface area contributed by atoms with Crippen LogP contribution in [0, 0.1) is 0 Å². The third kappa shape index (κ3) is 14.8. The van der Waals surface area contributed by atoms with Gasteiger partial charge >= 0.3 is 47.8 Å². The molecule has 440 valence electrons. The largest absolute Gasteiger partial charge is 0.459 e. The van der Waals surface area contributed by atoms with Gasteiger partial charge in [0.15, 0.2) is 37.3 Å². The number of rotatable bonds is 21. The van der Waals surface area contributed by atoms with Gasteiger partial charge in [0.2, 0.25) is 0 Å². The van der Waals surface area contributed by atoms with Crippen molar-refractivity contribution in [2.24, 2.45) is 0 Å². The molecule has 87 heavy (non-hydrogen) atoms. The summed E-state index contributed by atoms with van der Waals surface area (Å²) in [5.74, 6) is -10.7. The van der Waals surface area contributed by atoms with Gasteiger partial charge in [-0.25, -0.2) is 38.4 Å². The Morgan fingerprint density at radius 3 is 0.989 bits per heavy atom. The average Bonchev–Trinajstić information content (AvgIpc) is 1.86. The summed E-state index contributed by atoms with van der Waals surface area (Å²) in [4.78, 5) is 115. The molecule has 2 saturated heterocycles. The lowest BCUT2D eigenvalue weighted by Gasteiger charge is -2.45. The van der Waals surface area contributed by atoms with Crippen LogP contribution < -0.4 is 0 Å². The molecule has 0 N–H and O–H groups in total. The third-order valence-electron chi connectivity index (χ3n) is 13.8. The average molecular weight is 1180 g/mol. The van der Waals surface area contributed by atoms with Gasteiger partial charge in [0.05, 0.1) is 44.5 Å². The van der Waals surface area contributed by atoms with E-state index in [-0.39, 0.29) is 44.5 Å². The first-order valence-electron chi connectivity index (χ1n) is 27.4. The van der Waals surface area contributed by atoms with Crippen LogP contribution in [0.25, 0.3) is 0 Å². The minimum atomic E-state index is -2.75. The van der Waals surface area contributed by atoms with E-state index in [0.29, 0.717) is 0 Å². The highest BCUT2D eigenvalue weighted by atomic mass is 16.8. The van der Waals surface area contributed by atoms with Gasteiger partial charge in [-0.15, -0.1) is 0 Å². The van der Waals surface area contributed by atoms with E-state index >= 15 is 0 Å². The van der Waals surface area contributed by atoms with E-state index in [4.69, 9.17) is 52.1 Å². The van der Waals surface area contributed by atoms with E-state index in [1.54, 1.807) is 146 Å². The van der Waals surface area contributed by atoms with Crippen molar-refractivity contribution >= 4 is 47.8 Å². The Hall–Kier alpha value is -10.6. The molecule has 0 radical (unpaired) electrons. The Labute approximate surface area is 498 Å². The Morgan fingerprint density at radius 1 is 0.310 bits per heavy atom. The summed E-state index contributed by atoms with van der Waals surface area (Å²) in [6.45, 7) is -2.63. The Kier molecular flexibility index (Phi) is 19.4. The van der Waals surface area contributed by atoms with Crippen molar-refractivity contribution < 1.29 is 90.5 Å². The predicted molar refractivity (Wildman–Crippen MR) is 306 cm³/mol. The molecule has 10 rings (SSSR count). The molecule has 0 bridgehead atoms. The number of ether oxygens (including phenoxy) is 11. The zero-order valence-electron chi connectivity index (χ0n) is 46.1. The predicted octanol–water partition coefficient (Wildman–Crippen LogP) is 9.52. The molecule has 0 saturated carbocycles. The van der Waals surface area contributed by atoms with Crippen LogP contribution in [0.5, 0.6) is 0 Å². The summed E-state index contributed by atoms with van der Waals surface area (Å²) >= 11 is 0. The lowest BCUT2D eigenvalue weighted by atomic mass is 9.97. The number of hydrogen-bond acceptors (Lipinski definition) is 19. The van der Waals surface area contributed by atoms with Gasteiger partial charge in [-0.1, -0.05) is 146 Å². The molecule has 8 aromatic rings. The third-order valence-corrected chi connectivity index (χ3v) is 13.8. The molecule has 2 heterocycles. The van der Waals surface area contributed by atoms with Gasteiger partial charge in [-0.3, -0.25) is 0 Å². The highest BCUT2D eigenvalue weighted by Crippen LogP contribution is 2.42. The lowest BCUT2D eigenvalue weighted by molar-refractivity contribution is -0.316. The van der Waals surface area contributed by atoms with Crippen molar-refractivity contribution in [1.82, 2.24) is 0 Å².